The van der Waals surface area contributed by atoms with E-state index in [1.165, 1.54) is 0 Å². The number of aryl methyl sites for hydroxylation is 1. The van der Waals surface area contributed by atoms with Crippen LogP contribution in [0.15, 0.2) is 77.9 Å². The molecule has 1 saturated carbocycles. The van der Waals surface area contributed by atoms with Gasteiger partial charge in [-0.1, -0.05) is 86.0 Å². The number of allylic oxidation sites excluding steroid dienone is 3. The molecule has 2 unspecified atom stereocenters. The van der Waals surface area contributed by atoms with Gasteiger partial charge in [-0.15, -0.1) is 0 Å². The summed E-state index contributed by atoms with van der Waals surface area (Å²) in [5, 5.41) is 21.3. The van der Waals surface area contributed by atoms with Crippen molar-refractivity contribution < 1.29 is 24.5 Å². The van der Waals surface area contributed by atoms with Crippen molar-refractivity contribution in [3.8, 4) is 0 Å². The van der Waals surface area contributed by atoms with Gasteiger partial charge in [-0.3, -0.25) is 9.59 Å². The van der Waals surface area contributed by atoms with Crippen LogP contribution in [0.1, 0.15) is 101 Å². The highest BCUT2D eigenvalue weighted by atomic mass is 16.5. The molecular weight excluding hydrogens is 588 g/mol. The van der Waals surface area contributed by atoms with Gasteiger partial charge in [-0.25, -0.2) is 0 Å². The molecule has 0 spiro atoms. The lowest BCUT2D eigenvalue weighted by Gasteiger charge is -2.41. The molecule has 47 heavy (non-hydrogen) atoms. The second-order valence-electron chi connectivity index (χ2n) is 13.9. The van der Waals surface area contributed by atoms with Gasteiger partial charge in [0.15, 0.2) is 0 Å². The normalized spacial score (nSPS) is 18.3. The maximum absolute atomic E-state index is 14.4. The highest BCUT2D eigenvalue weighted by molar-refractivity contribution is 5.96. The largest absolute Gasteiger partial charge is 0.395 e. The summed E-state index contributed by atoms with van der Waals surface area (Å²) >= 11 is 0. The molecule has 7 nitrogen and oxygen atoms in total. The van der Waals surface area contributed by atoms with E-state index in [1.54, 1.807) is 7.11 Å². The fraction of sp³-hybridized carbons (Fsp3) is 0.550. The van der Waals surface area contributed by atoms with E-state index < -0.39 is 11.6 Å². The van der Waals surface area contributed by atoms with Crippen molar-refractivity contribution in [2.24, 2.45) is 5.92 Å². The van der Waals surface area contributed by atoms with Crippen LogP contribution in [0, 0.1) is 5.92 Å². The Bertz CT molecular complexity index is 1390. The lowest BCUT2D eigenvalue weighted by Crippen LogP contribution is -2.51. The number of benzene rings is 2. The molecule has 0 bridgehead atoms. The number of hydrogen-bond acceptors (Lipinski definition) is 5. The number of nitrogens with zero attached hydrogens (tertiary/aromatic N) is 2. The summed E-state index contributed by atoms with van der Waals surface area (Å²) in [6.07, 6.45) is 10.6. The van der Waals surface area contributed by atoms with Gasteiger partial charge in [0, 0.05) is 36.9 Å². The van der Waals surface area contributed by atoms with Gasteiger partial charge in [0.2, 0.25) is 0 Å². The molecule has 2 amide bonds. The summed E-state index contributed by atoms with van der Waals surface area (Å²) in [7, 11) is 1.65. The van der Waals surface area contributed by atoms with Crippen molar-refractivity contribution in [1.82, 2.24) is 9.80 Å². The second kappa shape index (κ2) is 16.7. The lowest BCUT2D eigenvalue weighted by atomic mass is 9.82. The molecule has 0 aliphatic heterocycles. The number of carbonyl (C=O) groups is 2. The van der Waals surface area contributed by atoms with E-state index in [0.717, 1.165) is 54.4 Å². The third kappa shape index (κ3) is 8.62. The minimum Gasteiger partial charge on any atom is -0.395 e. The van der Waals surface area contributed by atoms with Crippen LogP contribution < -0.4 is 0 Å². The number of ether oxygens (including phenoxy) is 1. The summed E-state index contributed by atoms with van der Waals surface area (Å²) < 4.78 is 5.42. The van der Waals surface area contributed by atoms with E-state index in [4.69, 9.17) is 4.74 Å². The Morgan fingerprint density at radius 2 is 1.70 bits per heavy atom. The molecule has 2 aromatic carbocycles. The first-order valence-electron chi connectivity index (χ1n) is 17.5. The minimum absolute atomic E-state index is 0.0303. The van der Waals surface area contributed by atoms with Crippen LogP contribution in [0.25, 0.3) is 0 Å². The van der Waals surface area contributed by atoms with Crippen LogP contribution in [0.5, 0.6) is 0 Å². The summed E-state index contributed by atoms with van der Waals surface area (Å²) in [6, 6.07) is 17.8. The van der Waals surface area contributed by atoms with Crippen molar-refractivity contribution in [2.75, 3.05) is 33.4 Å². The first-order valence-corrected chi connectivity index (χ1v) is 17.5. The van der Waals surface area contributed by atoms with Crippen LogP contribution in [0.4, 0.5) is 0 Å². The zero-order chi connectivity index (χ0) is 34.0. The third-order valence-electron chi connectivity index (χ3n) is 10.6. The average Bonchev–Trinajstić information content (AvgIpc) is 3.57. The lowest BCUT2D eigenvalue weighted by molar-refractivity contribution is -0.134. The Kier molecular flexibility index (Phi) is 13.0. The molecule has 2 atom stereocenters. The highest BCUT2D eigenvalue weighted by Gasteiger charge is 2.41. The number of aliphatic hydroxyl groups excluding tert-OH is 2. The zero-order valence-corrected chi connectivity index (χ0v) is 29.2. The Hall–Kier alpha value is -3.26. The smallest absolute Gasteiger partial charge is 0.254 e. The number of hydrogen-bond donors (Lipinski definition) is 2. The predicted molar refractivity (Wildman–Crippen MR) is 188 cm³/mol. The summed E-state index contributed by atoms with van der Waals surface area (Å²) in [4.78, 5) is 32.2. The minimum atomic E-state index is -0.647. The van der Waals surface area contributed by atoms with Gasteiger partial charge < -0.3 is 24.7 Å². The van der Waals surface area contributed by atoms with Gasteiger partial charge in [0.25, 0.3) is 11.8 Å². The van der Waals surface area contributed by atoms with Crippen molar-refractivity contribution in [2.45, 2.75) is 103 Å². The van der Waals surface area contributed by atoms with Crippen LogP contribution in [0.2, 0.25) is 0 Å². The molecule has 256 valence electrons. The maximum Gasteiger partial charge on any atom is 0.254 e. The zero-order valence-electron chi connectivity index (χ0n) is 29.2. The first kappa shape index (κ1) is 36.6. The Morgan fingerprint density at radius 3 is 2.36 bits per heavy atom. The van der Waals surface area contributed by atoms with E-state index >= 15 is 0 Å². The van der Waals surface area contributed by atoms with Gasteiger partial charge in [0.1, 0.15) is 0 Å². The summed E-state index contributed by atoms with van der Waals surface area (Å²) in [5.74, 6) is -0.187. The molecular formula is C40H56N2O5. The fourth-order valence-electron chi connectivity index (χ4n) is 7.67. The topological polar surface area (TPSA) is 90.3 Å². The quantitative estimate of drug-likeness (QED) is 0.209. The monoisotopic (exact) mass is 644 g/mol. The first-order chi connectivity index (χ1) is 22.6. The molecule has 1 fully saturated rings. The molecule has 0 heterocycles. The van der Waals surface area contributed by atoms with E-state index in [1.807, 2.05) is 65.3 Å². The number of aliphatic hydroxyl groups is 2. The molecule has 2 N–H and O–H groups in total. The van der Waals surface area contributed by atoms with Crippen molar-refractivity contribution in [3.05, 3.63) is 94.6 Å². The molecule has 0 radical (unpaired) electrons. The van der Waals surface area contributed by atoms with Crippen LogP contribution in [-0.4, -0.2) is 76.9 Å². The number of β-amino-alcohol motifs (C(OH)–C–C–N with tert-alkyl or cyclic N) is 1. The summed E-state index contributed by atoms with van der Waals surface area (Å²) in [6.45, 7) is 9.43. The van der Waals surface area contributed by atoms with Crippen LogP contribution >= 0.6 is 0 Å². The van der Waals surface area contributed by atoms with E-state index in [9.17, 15) is 19.8 Å². The molecule has 0 saturated heterocycles. The second-order valence-corrected chi connectivity index (χ2v) is 13.9. The van der Waals surface area contributed by atoms with Crippen LogP contribution in [0.3, 0.4) is 0 Å². The van der Waals surface area contributed by atoms with Crippen molar-refractivity contribution in [1.29, 1.82) is 0 Å². The predicted octanol–water partition coefficient (Wildman–Crippen LogP) is 6.83. The maximum atomic E-state index is 14.4. The molecule has 2 aliphatic rings. The SMILES string of the molecule is CCC1(N(CCO)C(=O)c2ccccc2CCC(O)CC2CC=C(C)C=C2C(=O)N(CCOC)C(C)(C)c2ccccc2)CCCC1. The van der Waals surface area contributed by atoms with Crippen molar-refractivity contribution >= 4 is 11.8 Å². The van der Waals surface area contributed by atoms with Gasteiger partial charge in [-0.2, -0.15) is 0 Å². The standard InChI is InChI=1S/C40H56N2O5/c1-6-40(22-12-13-23-40)42(24-26-43)37(45)35-17-11-10-14-31(35)20-21-34(44)29-32-19-18-30(2)28-36(32)38(46)41(25-27-47-5)39(3,4)33-15-8-7-9-16-33/h7-11,14-18,28,32,34,43-44H,6,12-13,19-27,29H2,1-5H3. The van der Waals surface area contributed by atoms with Crippen LogP contribution in [-0.2, 0) is 21.5 Å². The third-order valence-corrected chi connectivity index (χ3v) is 10.6. The molecule has 7 heteroatoms. The molecule has 4 rings (SSSR count). The average molecular weight is 645 g/mol. The molecule has 2 aliphatic carbocycles. The van der Waals surface area contributed by atoms with E-state index in [-0.39, 0.29) is 29.9 Å². The number of carbonyl (C=O) groups excluding carboxylic acids is 2. The van der Waals surface area contributed by atoms with Gasteiger partial charge in [0.05, 0.1) is 24.9 Å². The highest BCUT2D eigenvalue weighted by Crippen LogP contribution is 2.39. The fourth-order valence-corrected chi connectivity index (χ4v) is 7.67. The summed E-state index contributed by atoms with van der Waals surface area (Å²) in [5.41, 5.74) is 3.61. The van der Waals surface area contributed by atoms with Gasteiger partial charge in [-0.05, 0) is 88.8 Å². The van der Waals surface area contributed by atoms with E-state index in [2.05, 4.69) is 39.0 Å². The Labute approximate surface area is 282 Å². The van der Waals surface area contributed by atoms with E-state index in [0.29, 0.717) is 50.9 Å². The molecule has 2 aromatic rings. The Balaban J connectivity index is 1.50. The molecule has 0 aromatic heterocycles. The number of amides is 2. The van der Waals surface area contributed by atoms with Gasteiger partial charge >= 0.3 is 0 Å². The number of methoxy groups -OCH3 is 1. The number of rotatable bonds is 16. The Morgan fingerprint density at radius 1 is 1.02 bits per heavy atom. The van der Waals surface area contributed by atoms with Crippen molar-refractivity contribution in [3.63, 3.8) is 0 Å².